The van der Waals surface area contributed by atoms with E-state index in [9.17, 15) is 4.79 Å². The molecule has 1 amide bonds. The summed E-state index contributed by atoms with van der Waals surface area (Å²) in [4.78, 5) is 20.4. The summed E-state index contributed by atoms with van der Waals surface area (Å²) in [7, 11) is 1.78. The highest BCUT2D eigenvalue weighted by Crippen LogP contribution is 2.14. The molecule has 0 fully saturated rings. The first kappa shape index (κ1) is 19.5. The summed E-state index contributed by atoms with van der Waals surface area (Å²) in [6, 6.07) is 17.8. The first-order valence-electron chi connectivity index (χ1n) is 9.44. The summed E-state index contributed by atoms with van der Waals surface area (Å²) in [5.41, 5.74) is 2.72. The minimum Gasteiger partial charge on any atom is -0.351 e. The topological polar surface area (TPSA) is 62.2 Å². The van der Waals surface area contributed by atoms with Crippen LogP contribution in [0.25, 0.3) is 0 Å². The van der Waals surface area contributed by atoms with E-state index in [0.29, 0.717) is 12.2 Å². The van der Waals surface area contributed by atoms with Crippen LogP contribution in [0.2, 0.25) is 0 Å². The highest BCUT2D eigenvalue weighted by atomic mass is 16.2. The van der Waals surface area contributed by atoms with Gasteiger partial charge in [0.05, 0.1) is 0 Å². The van der Waals surface area contributed by atoms with Gasteiger partial charge in [-0.25, -0.2) is 0 Å². The second kappa shape index (κ2) is 9.60. The monoisotopic (exact) mass is 375 g/mol. The van der Waals surface area contributed by atoms with Gasteiger partial charge in [0.1, 0.15) is 0 Å². The Hall–Kier alpha value is -3.28. The van der Waals surface area contributed by atoms with Crippen molar-refractivity contribution in [1.29, 1.82) is 0 Å². The molecule has 0 aliphatic carbocycles. The smallest absolute Gasteiger partial charge is 0.274 e. The molecule has 0 saturated heterocycles. The van der Waals surface area contributed by atoms with E-state index in [2.05, 4.69) is 39.1 Å². The van der Waals surface area contributed by atoms with Crippen LogP contribution < -0.4 is 4.90 Å². The number of pyridine rings is 1. The molecule has 0 radical (unpaired) electrons. The van der Waals surface area contributed by atoms with Gasteiger partial charge in [0.25, 0.3) is 5.91 Å². The lowest BCUT2D eigenvalue weighted by Crippen LogP contribution is -2.30. The van der Waals surface area contributed by atoms with Gasteiger partial charge in [0.2, 0.25) is 0 Å². The Labute approximate surface area is 165 Å². The van der Waals surface area contributed by atoms with Crippen molar-refractivity contribution in [2.24, 2.45) is 0 Å². The molecule has 2 heterocycles. The molecule has 3 aromatic rings. The van der Waals surface area contributed by atoms with E-state index in [0.717, 1.165) is 30.9 Å². The van der Waals surface area contributed by atoms with Gasteiger partial charge in [0.15, 0.2) is 11.5 Å². The molecule has 0 unspecified atom stereocenters. The van der Waals surface area contributed by atoms with Gasteiger partial charge >= 0.3 is 0 Å². The van der Waals surface area contributed by atoms with Gasteiger partial charge in [-0.05, 0) is 48.7 Å². The molecule has 0 N–H and O–H groups in total. The Morgan fingerprint density at radius 3 is 2.32 bits per heavy atom. The van der Waals surface area contributed by atoms with Gasteiger partial charge in [-0.1, -0.05) is 30.3 Å². The van der Waals surface area contributed by atoms with E-state index in [1.54, 1.807) is 30.4 Å². The van der Waals surface area contributed by atoms with Crippen LogP contribution in [0.4, 0.5) is 5.82 Å². The molecule has 0 spiro atoms. The highest BCUT2D eigenvalue weighted by molar-refractivity contribution is 5.92. The molecule has 2 aromatic heterocycles. The number of likely N-dealkylation sites (N-methyl/N-ethyl adjacent to an activating group) is 1. The third-order valence-electron chi connectivity index (χ3n) is 4.62. The van der Waals surface area contributed by atoms with E-state index in [1.807, 2.05) is 36.4 Å². The van der Waals surface area contributed by atoms with E-state index in [-0.39, 0.29) is 5.91 Å². The highest BCUT2D eigenvalue weighted by Gasteiger charge is 2.15. The number of rotatable bonds is 8. The summed E-state index contributed by atoms with van der Waals surface area (Å²) in [5, 5.41) is 8.46. The van der Waals surface area contributed by atoms with Crippen LogP contribution in [0.1, 0.15) is 28.5 Å². The first-order chi connectivity index (χ1) is 13.7. The number of amides is 1. The SMILES string of the molecule is CCN(Cc1ccccc1)c1ccc(C(=O)N(C)CCc2ccncc2)nn1. The fourth-order valence-electron chi connectivity index (χ4n) is 2.91. The number of carbonyl (C=O) groups excluding carboxylic acids is 1. The van der Waals surface area contributed by atoms with Crippen molar-refractivity contribution in [3.63, 3.8) is 0 Å². The summed E-state index contributed by atoms with van der Waals surface area (Å²) in [5.74, 6) is 0.640. The second-order valence-electron chi connectivity index (χ2n) is 6.61. The molecule has 0 bridgehead atoms. The number of carbonyl (C=O) groups is 1. The molecule has 0 atom stereocenters. The van der Waals surface area contributed by atoms with Crippen LogP contribution in [0.15, 0.2) is 67.0 Å². The zero-order valence-electron chi connectivity index (χ0n) is 16.3. The number of benzene rings is 1. The number of hydrogen-bond donors (Lipinski definition) is 0. The van der Waals surface area contributed by atoms with Crippen LogP contribution in [0.3, 0.4) is 0 Å². The molecule has 6 nitrogen and oxygen atoms in total. The maximum absolute atomic E-state index is 12.6. The van der Waals surface area contributed by atoms with Crippen molar-refractivity contribution in [2.45, 2.75) is 19.9 Å². The minimum absolute atomic E-state index is 0.126. The van der Waals surface area contributed by atoms with Crippen molar-refractivity contribution < 1.29 is 4.79 Å². The minimum atomic E-state index is -0.126. The van der Waals surface area contributed by atoms with Crippen LogP contribution in [-0.2, 0) is 13.0 Å². The summed E-state index contributed by atoms with van der Waals surface area (Å²) in [6.07, 6.45) is 4.30. The lowest BCUT2D eigenvalue weighted by Gasteiger charge is -2.22. The van der Waals surface area contributed by atoms with Gasteiger partial charge < -0.3 is 9.80 Å². The third kappa shape index (κ3) is 5.13. The molecule has 0 aliphatic rings. The van der Waals surface area contributed by atoms with Crippen molar-refractivity contribution >= 4 is 11.7 Å². The fraction of sp³-hybridized carbons (Fsp3) is 0.273. The first-order valence-corrected chi connectivity index (χ1v) is 9.44. The molecule has 0 saturated carbocycles. The van der Waals surface area contributed by atoms with Crippen LogP contribution in [0, 0.1) is 0 Å². The molecule has 28 heavy (non-hydrogen) atoms. The van der Waals surface area contributed by atoms with Gasteiger partial charge in [-0.2, -0.15) is 0 Å². The Morgan fingerprint density at radius 1 is 0.929 bits per heavy atom. The lowest BCUT2D eigenvalue weighted by molar-refractivity contribution is 0.0789. The molecular weight excluding hydrogens is 350 g/mol. The van der Waals surface area contributed by atoms with E-state index < -0.39 is 0 Å². The number of hydrogen-bond acceptors (Lipinski definition) is 5. The molecule has 6 heteroatoms. The molecule has 1 aromatic carbocycles. The zero-order valence-corrected chi connectivity index (χ0v) is 16.3. The van der Waals surface area contributed by atoms with Crippen LogP contribution >= 0.6 is 0 Å². The summed E-state index contributed by atoms with van der Waals surface area (Å²) >= 11 is 0. The van der Waals surface area contributed by atoms with E-state index in [1.165, 1.54) is 5.56 Å². The Bertz CT molecular complexity index is 868. The molecular formula is C22H25N5O. The molecule has 3 rings (SSSR count). The normalized spacial score (nSPS) is 10.5. The number of aromatic nitrogens is 3. The third-order valence-corrected chi connectivity index (χ3v) is 4.62. The van der Waals surface area contributed by atoms with Gasteiger partial charge in [-0.15, -0.1) is 10.2 Å². The van der Waals surface area contributed by atoms with Gasteiger partial charge in [-0.3, -0.25) is 9.78 Å². The predicted molar refractivity (Wildman–Crippen MR) is 110 cm³/mol. The largest absolute Gasteiger partial charge is 0.351 e. The average Bonchev–Trinajstić information content (AvgIpc) is 2.77. The van der Waals surface area contributed by atoms with Crippen molar-refractivity contribution in [3.8, 4) is 0 Å². The molecule has 0 aliphatic heterocycles. The Balaban J connectivity index is 1.61. The van der Waals surface area contributed by atoms with Crippen molar-refractivity contribution in [1.82, 2.24) is 20.1 Å². The standard InChI is InChI=1S/C22H25N5O/c1-3-27(17-19-7-5-4-6-8-19)21-10-9-20(24-25-21)22(28)26(2)16-13-18-11-14-23-15-12-18/h4-12,14-15H,3,13,16-17H2,1-2H3. The van der Waals surface area contributed by atoms with Crippen LogP contribution in [0.5, 0.6) is 0 Å². The second-order valence-corrected chi connectivity index (χ2v) is 6.61. The quantitative estimate of drug-likeness (QED) is 0.605. The average molecular weight is 375 g/mol. The summed E-state index contributed by atoms with van der Waals surface area (Å²) < 4.78 is 0. The van der Waals surface area contributed by atoms with Crippen molar-refractivity contribution in [3.05, 3.63) is 83.8 Å². The van der Waals surface area contributed by atoms with E-state index in [4.69, 9.17) is 0 Å². The lowest BCUT2D eigenvalue weighted by atomic mass is 10.2. The Kier molecular flexibility index (Phi) is 6.68. The molecule has 144 valence electrons. The maximum atomic E-state index is 12.6. The fourth-order valence-corrected chi connectivity index (χ4v) is 2.91. The predicted octanol–water partition coefficient (Wildman–Crippen LogP) is 3.21. The van der Waals surface area contributed by atoms with Crippen LogP contribution in [-0.4, -0.2) is 46.1 Å². The van der Waals surface area contributed by atoms with E-state index >= 15 is 0 Å². The van der Waals surface area contributed by atoms with Gasteiger partial charge in [0, 0.05) is 39.1 Å². The zero-order chi connectivity index (χ0) is 19.8. The number of anilines is 1. The summed E-state index contributed by atoms with van der Waals surface area (Å²) in [6.45, 7) is 4.26. The Morgan fingerprint density at radius 2 is 1.68 bits per heavy atom. The number of nitrogens with zero attached hydrogens (tertiary/aromatic N) is 5. The maximum Gasteiger partial charge on any atom is 0.274 e. The van der Waals surface area contributed by atoms with Crippen molar-refractivity contribution in [2.75, 3.05) is 25.0 Å².